The molecule has 5 nitrogen and oxygen atoms in total. The number of hydrogen-bond donors (Lipinski definition) is 1. The summed E-state index contributed by atoms with van der Waals surface area (Å²) in [6.07, 6.45) is 0.964. The molecule has 0 bridgehead atoms. The number of carbonyl (C=O) groups excluding carboxylic acids is 2. The summed E-state index contributed by atoms with van der Waals surface area (Å²) in [7, 11) is 3.35. The van der Waals surface area contributed by atoms with E-state index in [1.807, 2.05) is 0 Å². The predicted molar refractivity (Wildman–Crippen MR) is 112 cm³/mol. The van der Waals surface area contributed by atoms with Gasteiger partial charge in [0.2, 0.25) is 0 Å². The molecule has 0 aliphatic carbocycles. The van der Waals surface area contributed by atoms with Crippen LogP contribution in [0.25, 0.3) is 0 Å². The van der Waals surface area contributed by atoms with Crippen molar-refractivity contribution in [3.05, 3.63) is 58.1 Å². The summed E-state index contributed by atoms with van der Waals surface area (Å²) in [6.45, 7) is 4.91. The maximum atomic E-state index is 12.6. The second-order valence-electron chi connectivity index (χ2n) is 6.88. The first-order chi connectivity index (χ1) is 12.8. The average Bonchev–Trinajstić information content (AvgIpc) is 2.62. The van der Waals surface area contributed by atoms with Gasteiger partial charge in [-0.05, 0) is 58.6 Å². The Bertz CT molecular complexity index is 819. The number of ether oxygens (including phenoxy) is 1. The topological polar surface area (TPSA) is 58.6 Å². The second-order valence-corrected chi connectivity index (χ2v) is 7.73. The van der Waals surface area contributed by atoms with Crippen LogP contribution in [0.15, 0.2) is 46.9 Å². The van der Waals surface area contributed by atoms with Crippen molar-refractivity contribution in [1.82, 2.24) is 4.90 Å². The molecule has 2 rings (SSSR count). The minimum Gasteiger partial charge on any atom is -0.492 e. The molecule has 0 spiro atoms. The third kappa shape index (κ3) is 5.82. The standard InChI is InChI=1S/C21H25BrN2O3/c1-14(2)11-12-27-19-10-9-15(13-17(19)22)20(25)23-18-8-6-5-7-16(18)21(26)24(3)4/h5-10,13-14H,11-12H2,1-4H3,(H,23,25). The number of carbonyl (C=O) groups is 2. The van der Waals surface area contributed by atoms with Gasteiger partial charge < -0.3 is 15.0 Å². The molecule has 0 saturated carbocycles. The van der Waals surface area contributed by atoms with Gasteiger partial charge >= 0.3 is 0 Å². The molecule has 0 heterocycles. The smallest absolute Gasteiger partial charge is 0.255 e. The van der Waals surface area contributed by atoms with E-state index in [1.165, 1.54) is 4.90 Å². The number of rotatable bonds is 7. The average molecular weight is 433 g/mol. The van der Waals surface area contributed by atoms with Crippen molar-refractivity contribution < 1.29 is 14.3 Å². The predicted octanol–water partition coefficient (Wildman–Crippen LogP) is 4.83. The van der Waals surface area contributed by atoms with Crippen LogP contribution < -0.4 is 10.1 Å². The molecular weight excluding hydrogens is 408 g/mol. The molecule has 6 heteroatoms. The fourth-order valence-corrected chi connectivity index (χ4v) is 2.87. The number of benzene rings is 2. The molecule has 2 aromatic rings. The van der Waals surface area contributed by atoms with E-state index in [1.54, 1.807) is 56.6 Å². The van der Waals surface area contributed by atoms with Crippen molar-refractivity contribution >= 4 is 33.4 Å². The summed E-state index contributed by atoms with van der Waals surface area (Å²) in [6, 6.07) is 12.2. The van der Waals surface area contributed by atoms with E-state index >= 15 is 0 Å². The van der Waals surface area contributed by atoms with Crippen LogP contribution in [-0.4, -0.2) is 37.4 Å². The number of anilines is 1. The summed E-state index contributed by atoms with van der Waals surface area (Å²) in [5, 5.41) is 2.82. The maximum absolute atomic E-state index is 12.6. The Hall–Kier alpha value is -2.34. The highest BCUT2D eigenvalue weighted by Crippen LogP contribution is 2.27. The molecular formula is C21H25BrN2O3. The van der Waals surface area contributed by atoms with Crippen molar-refractivity contribution in [3.8, 4) is 5.75 Å². The van der Waals surface area contributed by atoms with E-state index in [0.29, 0.717) is 35.1 Å². The first kappa shape index (κ1) is 21.0. The van der Waals surface area contributed by atoms with Crippen molar-refractivity contribution in [2.75, 3.05) is 26.0 Å². The minimum atomic E-state index is -0.288. The van der Waals surface area contributed by atoms with Gasteiger partial charge in [-0.1, -0.05) is 26.0 Å². The van der Waals surface area contributed by atoms with E-state index in [-0.39, 0.29) is 11.8 Å². The number of nitrogens with zero attached hydrogens (tertiary/aromatic N) is 1. The van der Waals surface area contributed by atoms with Crippen molar-refractivity contribution in [2.45, 2.75) is 20.3 Å². The van der Waals surface area contributed by atoms with Crippen LogP contribution >= 0.6 is 15.9 Å². The lowest BCUT2D eigenvalue weighted by atomic mass is 10.1. The summed E-state index contributed by atoms with van der Waals surface area (Å²) in [5.74, 6) is 0.818. The number of para-hydroxylation sites is 1. The summed E-state index contributed by atoms with van der Waals surface area (Å²) < 4.78 is 6.47. The lowest BCUT2D eigenvalue weighted by molar-refractivity contribution is 0.0828. The largest absolute Gasteiger partial charge is 0.492 e. The lowest BCUT2D eigenvalue weighted by Crippen LogP contribution is -2.24. The van der Waals surface area contributed by atoms with Gasteiger partial charge in [-0.25, -0.2) is 0 Å². The van der Waals surface area contributed by atoms with Crippen LogP contribution in [0.2, 0.25) is 0 Å². The zero-order valence-electron chi connectivity index (χ0n) is 16.1. The zero-order chi connectivity index (χ0) is 20.0. The quantitative estimate of drug-likeness (QED) is 0.681. The lowest BCUT2D eigenvalue weighted by Gasteiger charge is -2.15. The molecule has 27 heavy (non-hydrogen) atoms. The Morgan fingerprint density at radius 2 is 1.85 bits per heavy atom. The SMILES string of the molecule is CC(C)CCOc1ccc(C(=O)Nc2ccccc2C(=O)N(C)C)cc1Br. The fraction of sp³-hybridized carbons (Fsp3) is 0.333. The number of halogens is 1. The van der Waals surface area contributed by atoms with E-state index < -0.39 is 0 Å². The molecule has 0 aromatic heterocycles. The van der Waals surface area contributed by atoms with Crippen LogP contribution in [0.4, 0.5) is 5.69 Å². The van der Waals surface area contributed by atoms with Crippen LogP contribution in [0.5, 0.6) is 5.75 Å². The zero-order valence-corrected chi connectivity index (χ0v) is 17.7. The molecule has 0 saturated heterocycles. The molecule has 0 radical (unpaired) electrons. The normalized spacial score (nSPS) is 10.6. The molecule has 2 amide bonds. The van der Waals surface area contributed by atoms with E-state index in [9.17, 15) is 9.59 Å². The van der Waals surface area contributed by atoms with Gasteiger partial charge in [-0.15, -0.1) is 0 Å². The van der Waals surface area contributed by atoms with Gasteiger partial charge in [0.1, 0.15) is 5.75 Å². The number of amides is 2. The van der Waals surface area contributed by atoms with Crippen molar-refractivity contribution in [1.29, 1.82) is 0 Å². The highest BCUT2D eigenvalue weighted by Gasteiger charge is 2.16. The third-order valence-corrected chi connectivity index (χ3v) is 4.58. The molecule has 0 unspecified atom stereocenters. The molecule has 0 aliphatic rings. The van der Waals surface area contributed by atoms with E-state index in [2.05, 4.69) is 35.1 Å². The fourth-order valence-electron chi connectivity index (χ4n) is 2.38. The van der Waals surface area contributed by atoms with Crippen LogP contribution in [-0.2, 0) is 0 Å². The van der Waals surface area contributed by atoms with Crippen LogP contribution in [0, 0.1) is 5.92 Å². The first-order valence-electron chi connectivity index (χ1n) is 8.84. The minimum absolute atomic E-state index is 0.166. The third-order valence-electron chi connectivity index (χ3n) is 3.96. The van der Waals surface area contributed by atoms with Gasteiger partial charge in [0.25, 0.3) is 11.8 Å². The number of nitrogens with one attached hydrogen (secondary N) is 1. The molecule has 0 fully saturated rings. The summed E-state index contributed by atoms with van der Waals surface area (Å²) >= 11 is 3.46. The number of hydrogen-bond acceptors (Lipinski definition) is 3. The van der Waals surface area contributed by atoms with Crippen molar-refractivity contribution in [3.63, 3.8) is 0 Å². The molecule has 144 valence electrons. The van der Waals surface area contributed by atoms with Gasteiger partial charge in [0.15, 0.2) is 0 Å². The Balaban J connectivity index is 2.13. The van der Waals surface area contributed by atoms with Gasteiger partial charge in [0, 0.05) is 19.7 Å². The molecule has 0 aliphatic heterocycles. The first-order valence-corrected chi connectivity index (χ1v) is 9.63. The Kier molecular flexibility index (Phi) is 7.42. The van der Waals surface area contributed by atoms with Gasteiger partial charge in [-0.3, -0.25) is 9.59 Å². The molecule has 0 atom stereocenters. The van der Waals surface area contributed by atoms with Gasteiger partial charge in [0.05, 0.1) is 22.3 Å². The highest BCUT2D eigenvalue weighted by molar-refractivity contribution is 9.10. The Labute approximate surface area is 168 Å². The Morgan fingerprint density at radius 1 is 1.15 bits per heavy atom. The second kappa shape index (κ2) is 9.55. The summed E-state index contributed by atoms with van der Waals surface area (Å²) in [5.41, 5.74) is 1.41. The molecule has 1 N–H and O–H groups in total. The van der Waals surface area contributed by atoms with Crippen molar-refractivity contribution in [2.24, 2.45) is 5.92 Å². The molecule has 2 aromatic carbocycles. The van der Waals surface area contributed by atoms with Crippen LogP contribution in [0.1, 0.15) is 41.0 Å². The van der Waals surface area contributed by atoms with E-state index in [4.69, 9.17) is 4.74 Å². The Morgan fingerprint density at radius 3 is 2.48 bits per heavy atom. The highest BCUT2D eigenvalue weighted by atomic mass is 79.9. The van der Waals surface area contributed by atoms with E-state index in [0.717, 1.165) is 10.9 Å². The monoisotopic (exact) mass is 432 g/mol. The maximum Gasteiger partial charge on any atom is 0.255 e. The van der Waals surface area contributed by atoms with Gasteiger partial charge in [-0.2, -0.15) is 0 Å². The van der Waals surface area contributed by atoms with Crippen LogP contribution in [0.3, 0.4) is 0 Å². The summed E-state index contributed by atoms with van der Waals surface area (Å²) in [4.78, 5) is 26.4.